The van der Waals surface area contributed by atoms with Crippen molar-refractivity contribution in [3.8, 4) is 0 Å². The molecule has 1 aromatic heterocycles. The van der Waals surface area contributed by atoms with Gasteiger partial charge in [-0.15, -0.1) is 11.3 Å². The summed E-state index contributed by atoms with van der Waals surface area (Å²) in [4.78, 5) is 12.8. The molecule has 2 rings (SSSR count). The van der Waals surface area contributed by atoms with E-state index in [0.29, 0.717) is 27.8 Å². The number of hydrogen-bond donors (Lipinski definition) is 2. The van der Waals surface area contributed by atoms with Crippen molar-refractivity contribution in [1.82, 2.24) is 5.32 Å². The Bertz CT molecular complexity index is 700. The van der Waals surface area contributed by atoms with Gasteiger partial charge in [0.15, 0.2) is 0 Å². The van der Waals surface area contributed by atoms with Crippen molar-refractivity contribution in [2.24, 2.45) is 0 Å². The molecular weight excluding hydrogens is 328 g/mol. The minimum absolute atomic E-state index is 0.0542. The second-order valence-electron chi connectivity index (χ2n) is 4.90. The van der Waals surface area contributed by atoms with Crippen LogP contribution in [0.1, 0.15) is 23.0 Å². The highest BCUT2D eigenvalue weighted by atomic mass is 35.5. The molecule has 0 radical (unpaired) electrons. The lowest BCUT2D eigenvalue weighted by atomic mass is 10.2. The van der Waals surface area contributed by atoms with E-state index in [1.807, 2.05) is 19.1 Å². The molecule has 0 saturated heterocycles. The first-order valence-corrected chi connectivity index (χ1v) is 9.39. The van der Waals surface area contributed by atoms with Crippen LogP contribution in [-0.4, -0.2) is 28.2 Å². The molecule has 0 aliphatic carbocycles. The molecule has 0 spiro atoms. The van der Waals surface area contributed by atoms with Gasteiger partial charge in [-0.2, -0.15) is 0 Å². The number of nitrogens with one attached hydrogen (secondary N) is 1. The maximum absolute atomic E-state index is 12.3. The number of carbonyl (C=O) groups is 1. The second kappa shape index (κ2) is 6.77. The van der Waals surface area contributed by atoms with Crippen LogP contribution in [0.4, 0.5) is 5.69 Å². The summed E-state index contributed by atoms with van der Waals surface area (Å²) in [6.07, 6.45) is 2.32. The third-order valence-corrected chi connectivity index (χ3v) is 5.42. The number of carbonyl (C=O) groups excluding carboxylic acids is 1. The summed E-state index contributed by atoms with van der Waals surface area (Å²) in [7, 11) is -0.856. The van der Waals surface area contributed by atoms with E-state index in [4.69, 9.17) is 17.3 Å². The highest BCUT2D eigenvalue weighted by Crippen LogP contribution is 2.37. The molecule has 7 heteroatoms. The molecule has 21 heavy (non-hydrogen) atoms. The van der Waals surface area contributed by atoms with E-state index in [-0.39, 0.29) is 11.9 Å². The number of nitrogen functional groups attached to an aromatic ring is 1. The van der Waals surface area contributed by atoms with Crippen molar-refractivity contribution in [2.75, 3.05) is 17.7 Å². The van der Waals surface area contributed by atoms with E-state index < -0.39 is 10.8 Å². The molecule has 2 atom stereocenters. The third kappa shape index (κ3) is 3.75. The fraction of sp³-hybridized carbons (Fsp3) is 0.357. The van der Waals surface area contributed by atoms with Crippen LogP contribution in [0.3, 0.4) is 0 Å². The number of anilines is 1. The predicted molar refractivity (Wildman–Crippen MR) is 91.7 cm³/mol. The van der Waals surface area contributed by atoms with Crippen molar-refractivity contribution in [1.29, 1.82) is 0 Å². The van der Waals surface area contributed by atoms with Gasteiger partial charge in [-0.25, -0.2) is 0 Å². The summed E-state index contributed by atoms with van der Waals surface area (Å²) < 4.78 is 12.0. The Morgan fingerprint density at radius 3 is 2.86 bits per heavy atom. The van der Waals surface area contributed by atoms with Gasteiger partial charge in [0.05, 0.1) is 10.7 Å². The van der Waals surface area contributed by atoms with Gasteiger partial charge in [-0.05, 0) is 25.5 Å². The monoisotopic (exact) mass is 344 g/mol. The summed E-state index contributed by atoms with van der Waals surface area (Å²) in [6.45, 7) is 1.89. The van der Waals surface area contributed by atoms with Gasteiger partial charge >= 0.3 is 0 Å². The zero-order valence-electron chi connectivity index (χ0n) is 11.8. The molecule has 1 amide bonds. The average Bonchev–Trinajstić information content (AvgIpc) is 2.75. The molecule has 0 aliphatic heterocycles. The smallest absolute Gasteiger partial charge is 0.263 e. The number of amides is 1. The van der Waals surface area contributed by atoms with Crippen LogP contribution in [0.25, 0.3) is 10.1 Å². The summed E-state index contributed by atoms with van der Waals surface area (Å²) in [5.74, 6) is 0.356. The van der Waals surface area contributed by atoms with E-state index in [0.717, 1.165) is 10.1 Å². The molecular formula is C14H17ClN2O2S2. The number of hydrogen-bond acceptors (Lipinski definition) is 4. The number of halogens is 1. The van der Waals surface area contributed by atoms with Gasteiger partial charge in [0.1, 0.15) is 4.88 Å². The van der Waals surface area contributed by atoms with Crippen LogP contribution >= 0.6 is 22.9 Å². The molecule has 2 unspecified atom stereocenters. The molecule has 0 bridgehead atoms. The average molecular weight is 345 g/mol. The van der Waals surface area contributed by atoms with Gasteiger partial charge in [0, 0.05) is 38.9 Å². The Hall–Kier alpha value is -1.11. The highest BCUT2D eigenvalue weighted by molar-refractivity contribution is 7.84. The Kier molecular flexibility index (Phi) is 5.24. The first-order valence-electron chi connectivity index (χ1n) is 6.47. The zero-order valence-corrected chi connectivity index (χ0v) is 14.2. The Morgan fingerprint density at radius 1 is 1.52 bits per heavy atom. The number of benzene rings is 1. The Balaban J connectivity index is 2.18. The van der Waals surface area contributed by atoms with Gasteiger partial charge in [0.2, 0.25) is 0 Å². The van der Waals surface area contributed by atoms with Gasteiger partial charge < -0.3 is 11.1 Å². The molecule has 0 aliphatic rings. The van der Waals surface area contributed by atoms with E-state index >= 15 is 0 Å². The Morgan fingerprint density at radius 2 is 2.24 bits per heavy atom. The molecule has 0 fully saturated rings. The largest absolute Gasteiger partial charge is 0.397 e. The molecule has 1 aromatic carbocycles. The van der Waals surface area contributed by atoms with Gasteiger partial charge in [-0.1, -0.05) is 17.7 Å². The van der Waals surface area contributed by atoms with Crippen LogP contribution in [0.2, 0.25) is 5.02 Å². The molecule has 4 nitrogen and oxygen atoms in total. The van der Waals surface area contributed by atoms with E-state index in [9.17, 15) is 9.00 Å². The first-order chi connectivity index (χ1) is 9.90. The standard InChI is InChI=1S/C14H17ClN2O2S2/c1-8(6-7-21(2)19)17-14(18)13-12(16)11-9(15)4-3-5-10(11)20-13/h3-5,8H,6-7,16H2,1-2H3,(H,17,18). The topological polar surface area (TPSA) is 72.2 Å². The highest BCUT2D eigenvalue weighted by Gasteiger charge is 2.19. The van der Waals surface area contributed by atoms with E-state index in [1.54, 1.807) is 12.3 Å². The lowest BCUT2D eigenvalue weighted by Gasteiger charge is -2.12. The minimum Gasteiger partial charge on any atom is -0.397 e. The van der Waals surface area contributed by atoms with Crippen LogP contribution in [0.15, 0.2) is 18.2 Å². The zero-order chi connectivity index (χ0) is 15.6. The van der Waals surface area contributed by atoms with Crippen molar-refractivity contribution < 1.29 is 9.00 Å². The van der Waals surface area contributed by atoms with Gasteiger partial charge in [0.25, 0.3) is 5.91 Å². The predicted octanol–water partition coefficient (Wildman–Crippen LogP) is 3.02. The van der Waals surface area contributed by atoms with Crippen molar-refractivity contribution >= 4 is 55.4 Å². The lowest BCUT2D eigenvalue weighted by molar-refractivity contribution is 0.0944. The first kappa shape index (κ1) is 16.3. The fourth-order valence-corrected chi connectivity index (χ4v) is 4.07. The Labute approximate surface area is 135 Å². The number of thiophene rings is 1. The SMILES string of the molecule is CC(CCS(C)=O)NC(=O)c1sc2cccc(Cl)c2c1N. The molecule has 2 aromatic rings. The second-order valence-corrected chi connectivity index (χ2v) is 7.91. The normalized spacial score (nSPS) is 14.0. The summed E-state index contributed by atoms with van der Waals surface area (Å²) in [5.41, 5.74) is 6.48. The molecule has 0 saturated carbocycles. The van der Waals surface area contributed by atoms with Crippen LogP contribution in [0.5, 0.6) is 0 Å². The fourth-order valence-electron chi connectivity index (χ4n) is 2.00. The number of fused-ring (bicyclic) bond motifs is 1. The summed E-state index contributed by atoms with van der Waals surface area (Å²) in [5, 5.41) is 4.17. The lowest BCUT2D eigenvalue weighted by Crippen LogP contribution is -2.33. The molecule has 1 heterocycles. The third-order valence-electron chi connectivity index (χ3n) is 3.12. The quantitative estimate of drug-likeness (QED) is 0.875. The molecule has 3 N–H and O–H groups in total. The summed E-state index contributed by atoms with van der Waals surface area (Å²) >= 11 is 7.46. The number of nitrogens with two attached hydrogens (primary N) is 1. The molecule has 114 valence electrons. The number of rotatable bonds is 5. The maximum Gasteiger partial charge on any atom is 0.263 e. The summed E-state index contributed by atoms with van der Waals surface area (Å²) in [6, 6.07) is 5.43. The van der Waals surface area contributed by atoms with Crippen molar-refractivity contribution in [3.63, 3.8) is 0 Å². The van der Waals surface area contributed by atoms with E-state index in [2.05, 4.69) is 5.32 Å². The minimum atomic E-state index is -0.856. The van der Waals surface area contributed by atoms with Crippen LogP contribution < -0.4 is 11.1 Å². The van der Waals surface area contributed by atoms with Crippen molar-refractivity contribution in [3.05, 3.63) is 28.1 Å². The maximum atomic E-state index is 12.3. The van der Waals surface area contributed by atoms with Crippen LogP contribution in [-0.2, 0) is 10.8 Å². The van der Waals surface area contributed by atoms with E-state index in [1.165, 1.54) is 11.3 Å². The van der Waals surface area contributed by atoms with Crippen molar-refractivity contribution in [2.45, 2.75) is 19.4 Å². The van der Waals surface area contributed by atoms with Crippen LogP contribution in [0, 0.1) is 0 Å². The van der Waals surface area contributed by atoms with Gasteiger partial charge in [-0.3, -0.25) is 9.00 Å².